The predicted octanol–water partition coefficient (Wildman–Crippen LogP) is 0.396. The van der Waals surface area contributed by atoms with Crippen LogP contribution in [0.4, 0.5) is 0 Å². The Morgan fingerprint density at radius 3 is 2.61 bits per heavy atom. The monoisotopic (exact) mass is 254 g/mol. The van der Waals surface area contributed by atoms with Gasteiger partial charge in [0.05, 0.1) is 13.0 Å². The van der Waals surface area contributed by atoms with Gasteiger partial charge in [-0.25, -0.2) is 0 Å². The van der Waals surface area contributed by atoms with E-state index in [1.54, 1.807) is 7.05 Å². The molecular weight excluding hydrogens is 232 g/mol. The van der Waals surface area contributed by atoms with Crippen molar-refractivity contribution in [2.75, 3.05) is 27.2 Å². The van der Waals surface area contributed by atoms with Gasteiger partial charge in [0.15, 0.2) is 0 Å². The Balaban J connectivity index is 2.01. The summed E-state index contributed by atoms with van der Waals surface area (Å²) in [5.41, 5.74) is 0. The van der Waals surface area contributed by atoms with E-state index in [2.05, 4.69) is 10.2 Å². The van der Waals surface area contributed by atoms with Gasteiger partial charge in [0.2, 0.25) is 5.91 Å². The second-order valence-electron chi connectivity index (χ2n) is 5.25. The molecule has 1 aliphatic carbocycles. The first-order valence-corrected chi connectivity index (χ1v) is 6.70. The zero-order valence-corrected chi connectivity index (χ0v) is 11.1. The lowest BCUT2D eigenvalue weighted by Gasteiger charge is -2.36. The van der Waals surface area contributed by atoms with Crippen LogP contribution in [0.3, 0.4) is 0 Å². The van der Waals surface area contributed by atoms with Gasteiger partial charge in [0, 0.05) is 13.6 Å². The number of hydrogen-bond donors (Lipinski definition) is 1. The second kappa shape index (κ2) is 5.69. The van der Waals surface area contributed by atoms with Crippen molar-refractivity contribution in [2.24, 2.45) is 11.8 Å². The second-order valence-corrected chi connectivity index (χ2v) is 5.25. The number of carbonyl (C=O) groups is 2. The number of hydrogen-bond acceptors (Lipinski definition) is 4. The summed E-state index contributed by atoms with van der Waals surface area (Å²) >= 11 is 0. The first kappa shape index (κ1) is 13.3. The number of amides is 1. The molecule has 2 aliphatic rings. The summed E-state index contributed by atoms with van der Waals surface area (Å²) in [4.78, 5) is 25.7. The minimum Gasteiger partial charge on any atom is -0.468 e. The highest BCUT2D eigenvalue weighted by molar-refractivity contribution is 5.79. The van der Waals surface area contributed by atoms with Crippen LogP contribution in [0, 0.1) is 11.8 Å². The van der Waals surface area contributed by atoms with Gasteiger partial charge in [0.25, 0.3) is 0 Å². The van der Waals surface area contributed by atoms with Gasteiger partial charge in [-0.1, -0.05) is 0 Å². The average molecular weight is 254 g/mol. The van der Waals surface area contributed by atoms with E-state index in [-0.39, 0.29) is 23.8 Å². The van der Waals surface area contributed by atoms with Crippen LogP contribution in [0.2, 0.25) is 0 Å². The molecule has 1 saturated heterocycles. The van der Waals surface area contributed by atoms with Crippen LogP contribution in [0.15, 0.2) is 0 Å². The molecule has 1 saturated carbocycles. The number of methoxy groups -OCH3 is 1. The first-order valence-electron chi connectivity index (χ1n) is 6.70. The highest BCUT2D eigenvalue weighted by Crippen LogP contribution is 2.37. The van der Waals surface area contributed by atoms with Crippen molar-refractivity contribution in [2.45, 2.75) is 31.7 Å². The molecule has 1 aliphatic heterocycles. The van der Waals surface area contributed by atoms with E-state index in [0.717, 1.165) is 32.2 Å². The molecule has 1 N–H and O–H groups in total. The molecule has 2 fully saturated rings. The Labute approximate surface area is 108 Å². The molecule has 5 nitrogen and oxygen atoms in total. The van der Waals surface area contributed by atoms with Gasteiger partial charge < -0.3 is 10.1 Å². The van der Waals surface area contributed by atoms with E-state index in [9.17, 15) is 9.59 Å². The lowest BCUT2D eigenvalue weighted by molar-refractivity contribution is -0.149. The van der Waals surface area contributed by atoms with Crippen molar-refractivity contribution < 1.29 is 14.3 Å². The third kappa shape index (κ3) is 2.83. The van der Waals surface area contributed by atoms with Crippen LogP contribution in [0.1, 0.15) is 25.7 Å². The molecule has 5 heteroatoms. The number of nitrogens with zero attached hydrogens (tertiary/aromatic N) is 1. The summed E-state index contributed by atoms with van der Waals surface area (Å²) in [5, 5.41) is 2.70. The normalized spacial score (nSPS) is 26.4. The molecule has 0 aromatic heterocycles. The average Bonchev–Trinajstić information content (AvgIpc) is 3.22. The molecular formula is C13H22N2O3. The summed E-state index contributed by atoms with van der Waals surface area (Å²) in [6.45, 7) is 1.57. The molecule has 0 aromatic rings. The summed E-state index contributed by atoms with van der Waals surface area (Å²) in [5.74, 6) is 0.379. The molecule has 0 radical (unpaired) electrons. The summed E-state index contributed by atoms with van der Waals surface area (Å²) in [7, 11) is 3.11. The number of ether oxygens (including phenoxy) is 1. The van der Waals surface area contributed by atoms with Gasteiger partial charge in [-0.15, -0.1) is 0 Å². The Bertz CT molecular complexity index is 328. The molecule has 0 aromatic carbocycles. The maximum absolute atomic E-state index is 11.9. The van der Waals surface area contributed by atoms with E-state index in [1.165, 1.54) is 7.11 Å². The van der Waals surface area contributed by atoms with Crippen LogP contribution < -0.4 is 5.32 Å². The van der Waals surface area contributed by atoms with E-state index >= 15 is 0 Å². The van der Waals surface area contributed by atoms with E-state index in [1.807, 2.05) is 0 Å². The number of likely N-dealkylation sites (tertiary alicyclic amines) is 1. The minimum atomic E-state index is -0.143. The highest BCUT2D eigenvalue weighted by Gasteiger charge is 2.42. The molecule has 0 spiro atoms. The molecule has 18 heavy (non-hydrogen) atoms. The first-order chi connectivity index (χ1) is 8.67. The van der Waals surface area contributed by atoms with Crippen LogP contribution in [0.25, 0.3) is 0 Å². The zero-order valence-electron chi connectivity index (χ0n) is 11.1. The number of nitrogens with one attached hydrogen (secondary N) is 1. The molecule has 2 rings (SSSR count). The van der Waals surface area contributed by atoms with Gasteiger partial charge in [-0.3, -0.25) is 14.5 Å². The number of carbonyl (C=O) groups excluding carboxylic acids is 2. The topological polar surface area (TPSA) is 58.6 Å². The highest BCUT2D eigenvalue weighted by atomic mass is 16.5. The summed E-state index contributed by atoms with van der Waals surface area (Å²) in [6.07, 6.45) is 4.08. The van der Waals surface area contributed by atoms with Gasteiger partial charge in [0.1, 0.15) is 6.04 Å². The maximum Gasteiger partial charge on any atom is 0.323 e. The van der Waals surface area contributed by atoms with Crippen LogP contribution in [-0.4, -0.2) is 50.1 Å². The van der Waals surface area contributed by atoms with Crippen molar-refractivity contribution in [3.05, 3.63) is 0 Å². The molecule has 0 bridgehead atoms. The molecule has 1 amide bonds. The Hall–Kier alpha value is -1.10. The quantitative estimate of drug-likeness (QED) is 0.738. The van der Waals surface area contributed by atoms with Crippen molar-refractivity contribution in [1.82, 2.24) is 10.2 Å². The third-order valence-electron chi connectivity index (χ3n) is 3.97. The number of rotatable bonds is 4. The SMILES string of the molecule is CNC(=O)C1CCCN(C(C(=O)OC)C2CC2)C1. The zero-order chi connectivity index (χ0) is 13.1. The Kier molecular flexibility index (Phi) is 4.22. The van der Waals surface area contributed by atoms with E-state index in [0.29, 0.717) is 12.5 Å². The van der Waals surface area contributed by atoms with E-state index in [4.69, 9.17) is 4.74 Å². The van der Waals surface area contributed by atoms with Crippen molar-refractivity contribution in [1.29, 1.82) is 0 Å². The van der Waals surface area contributed by atoms with Crippen molar-refractivity contribution in [3.63, 3.8) is 0 Å². The fourth-order valence-electron chi connectivity index (χ4n) is 2.85. The molecule has 1 heterocycles. The number of piperidine rings is 1. The Morgan fingerprint density at radius 1 is 1.33 bits per heavy atom. The van der Waals surface area contributed by atoms with Gasteiger partial charge >= 0.3 is 5.97 Å². The predicted molar refractivity (Wildman–Crippen MR) is 66.9 cm³/mol. The molecule has 102 valence electrons. The lowest BCUT2D eigenvalue weighted by atomic mass is 9.95. The smallest absolute Gasteiger partial charge is 0.323 e. The lowest BCUT2D eigenvalue weighted by Crippen LogP contribution is -2.50. The Morgan fingerprint density at radius 2 is 2.06 bits per heavy atom. The molecule has 2 unspecified atom stereocenters. The van der Waals surface area contributed by atoms with E-state index < -0.39 is 0 Å². The van der Waals surface area contributed by atoms with Crippen LogP contribution in [-0.2, 0) is 14.3 Å². The summed E-state index contributed by atoms with van der Waals surface area (Å²) in [6, 6.07) is -0.137. The van der Waals surface area contributed by atoms with Crippen LogP contribution >= 0.6 is 0 Å². The largest absolute Gasteiger partial charge is 0.468 e. The van der Waals surface area contributed by atoms with Gasteiger partial charge in [-0.05, 0) is 38.1 Å². The van der Waals surface area contributed by atoms with Crippen LogP contribution in [0.5, 0.6) is 0 Å². The fraction of sp³-hybridized carbons (Fsp3) is 0.846. The maximum atomic E-state index is 11.9. The summed E-state index contributed by atoms with van der Waals surface area (Å²) < 4.78 is 4.91. The van der Waals surface area contributed by atoms with Gasteiger partial charge in [-0.2, -0.15) is 0 Å². The standard InChI is InChI=1S/C13H22N2O3/c1-14-12(16)10-4-3-7-15(8-10)11(9-5-6-9)13(17)18-2/h9-11H,3-8H2,1-2H3,(H,14,16). The minimum absolute atomic E-state index is 0.00894. The fourth-order valence-corrected chi connectivity index (χ4v) is 2.85. The van der Waals surface area contributed by atoms with Crippen molar-refractivity contribution >= 4 is 11.9 Å². The van der Waals surface area contributed by atoms with Crippen molar-refractivity contribution in [3.8, 4) is 0 Å². The molecule has 2 atom stereocenters. The third-order valence-corrected chi connectivity index (χ3v) is 3.97. The number of esters is 1.